The first-order valence-electron chi connectivity index (χ1n) is 11.8. The highest BCUT2D eigenvalue weighted by Gasteiger charge is 2.24. The van der Waals surface area contributed by atoms with Crippen molar-refractivity contribution in [2.45, 2.75) is 25.2 Å². The standard InChI is InChI=1S/C28H27N3O5/c32-25-15-16-27(34)31(30-25)23-13-11-22(12-14-23)28(35)36-19-26(33)29-18-17-24(20-7-3-1-4-8-20)21-9-5-2-6-10-21/h1-14,24H,15-19H2,(H,29,33)(H,30,32). The average molecular weight is 486 g/mol. The van der Waals surface area contributed by atoms with E-state index < -0.39 is 12.6 Å². The summed E-state index contributed by atoms with van der Waals surface area (Å²) in [5.41, 5.74) is 5.50. The van der Waals surface area contributed by atoms with E-state index in [4.69, 9.17) is 4.74 Å². The maximum Gasteiger partial charge on any atom is 0.338 e. The third-order valence-corrected chi connectivity index (χ3v) is 5.91. The highest BCUT2D eigenvalue weighted by molar-refractivity contribution is 6.01. The Morgan fingerprint density at radius 3 is 2.08 bits per heavy atom. The lowest BCUT2D eigenvalue weighted by Crippen LogP contribution is -2.50. The van der Waals surface area contributed by atoms with Gasteiger partial charge < -0.3 is 10.1 Å². The lowest BCUT2D eigenvalue weighted by molar-refractivity contribution is -0.130. The molecule has 8 heteroatoms. The molecule has 8 nitrogen and oxygen atoms in total. The number of benzene rings is 3. The van der Waals surface area contributed by atoms with Gasteiger partial charge in [-0.3, -0.25) is 19.8 Å². The molecule has 184 valence electrons. The van der Waals surface area contributed by atoms with Crippen molar-refractivity contribution in [3.63, 3.8) is 0 Å². The molecule has 0 saturated carbocycles. The first kappa shape index (κ1) is 24.7. The Morgan fingerprint density at radius 1 is 0.861 bits per heavy atom. The van der Waals surface area contributed by atoms with Crippen molar-refractivity contribution in [1.29, 1.82) is 0 Å². The average Bonchev–Trinajstić information content (AvgIpc) is 2.92. The van der Waals surface area contributed by atoms with Crippen LogP contribution in [0.25, 0.3) is 0 Å². The predicted octanol–water partition coefficient (Wildman–Crippen LogP) is 3.34. The normalized spacial score (nSPS) is 13.3. The molecule has 4 rings (SSSR count). The molecule has 0 aromatic heterocycles. The van der Waals surface area contributed by atoms with Crippen LogP contribution in [0, 0.1) is 0 Å². The highest BCUT2D eigenvalue weighted by atomic mass is 16.5. The molecule has 2 N–H and O–H groups in total. The fraction of sp³-hybridized carbons (Fsp3) is 0.214. The molecule has 3 aromatic carbocycles. The Hall–Kier alpha value is -4.46. The van der Waals surface area contributed by atoms with Crippen molar-refractivity contribution < 1.29 is 23.9 Å². The number of ether oxygens (including phenoxy) is 1. The summed E-state index contributed by atoms with van der Waals surface area (Å²) in [5, 5.41) is 3.98. The Bertz CT molecular complexity index is 1170. The molecule has 0 unspecified atom stereocenters. The zero-order valence-corrected chi connectivity index (χ0v) is 19.7. The van der Waals surface area contributed by atoms with Gasteiger partial charge in [-0.1, -0.05) is 60.7 Å². The van der Waals surface area contributed by atoms with E-state index in [1.54, 1.807) is 0 Å². The van der Waals surface area contributed by atoms with Crippen molar-refractivity contribution in [2.24, 2.45) is 0 Å². The van der Waals surface area contributed by atoms with Crippen molar-refractivity contribution >= 4 is 29.4 Å². The number of carbonyl (C=O) groups is 4. The SMILES string of the molecule is O=C(COC(=O)c1ccc(N2NC(=O)CCC2=O)cc1)NCCC(c1ccccc1)c1ccccc1. The zero-order valence-electron chi connectivity index (χ0n) is 19.7. The zero-order chi connectivity index (χ0) is 25.3. The summed E-state index contributed by atoms with van der Waals surface area (Å²) in [7, 11) is 0. The molecule has 0 spiro atoms. The fourth-order valence-corrected chi connectivity index (χ4v) is 4.05. The number of esters is 1. The first-order valence-corrected chi connectivity index (χ1v) is 11.8. The smallest absolute Gasteiger partial charge is 0.338 e. The van der Waals surface area contributed by atoms with E-state index in [2.05, 4.69) is 35.0 Å². The lowest BCUT2D eigenvalue weighted by Gasteiger charge is -2.27. The van der Waals surface area contributed by atoms with Crippen molar-refractivity contribution in [2.75, 3.05) is 18.2 Å². The predicted molar refractivity (Wildman–Crippen MR) is 134 cm³/mol. The number of nitrogens with zero attached hydrogens (tertiary/aromatic N) is 1. The van der Waals surface area contributed by atoms with Crippen LogP contribution < -0.4 is 15.8 Å². The second-order valence-corrected chi connectivity index (χ2v) is 8.40. The van der Waals surface area contributed by atoms with Gasteiger partial charge in [-0.05, 0) is 41.8 Å². The van der Waals surface area contributed by atoms with E-state index in [1.165, 1.54) is 35.4 Å². The molecular formula is C28H27N3O5. The highest BCUT2D eigenvalue weighted by Crippen LogP contribution is 2.27. The monoisotopic (exact) mass is 485 g/mol. The minimum absolute atomic E-state index is 0.127. The van der Waals surface area contributed by atoms with Gasteiger partial charge in [0.2, 0.25) is 11.8 Å². The van der Waals surface area contributed by atoms with Gasteiger partial charge >= 0.3 is 5.97 Å². The molecule has 1 aliphatic rings. The number of rotatable bonds is 9. The van der Waals surface area contributed by atoms with E-state index in [9.17, 15) is 19.2 Å². The van der Waals surface area contributed by atoms with Gasteiger partial charge in [-0.25, -0.2) is 9.80 Å². The second-order valence-electron chi connectivity index (χ2n) is 8.40. The fourth-order valence-electron chi connectivity index (χ4n) is 4.05. The van der Waals surface area contributed by atoms with Crippen LogP contribution in [0.5, 0.6) is 0 Å². The van der Waals surface area contributed by atoms with E-state index in [0.717, 1.165) is 5.01 Å². The Balaban J connectivity index is 1.26. The van der Waals surface area contributed by atoms with Gasteiger partial charge in [-0.2, -0.15) is 0 Å². The summed E-state index contributed by atoms with van der Waals surface area (Å²) in [6.07, 6.45) is 0.976. The van der Waals surface area contributed by atoms with Crippen LogP contribution in [-0.4, -0.2) is 36.8 Å². The molecule has 1 saturated heterocycles. The molecule has 0 atom stereocenters. The topological polar surface area (TPSA) is 105 Å². The minimum Gasteiger partial charge on any atom is -0.452 e. The van der Waals surface area contributed by atoms with Gasteiger partial charge in [0, 0.05) is 25.3 Å². The number of nitrogens with one attached hydrogen (secondary N) is 2. The molecule has 0 radical (unpaired) electrons. The summed E-state index contributed by atoms with van der Waals surface area (Å²) in [6.45, 7) is 0.0255. The Morgan fingerprint density at radius 2 is 1.47 bits per heavy atom. The molecule has 0 aliphatic carbocycles. The molecule has 0 bridgehead atoms. The number of amides is 3. The van der Waals surface area contributed by atoms with Crippen molar-refractivity contribution in [3.8, 4) is 0 Å². The number of carbonyl (C=O) groups excluding carboxylic acids is 4. The number of hydrogen-bond acceptors (Lipinski definition) is 5. The summed E-state index contributed by atoms with van der Waals surface area (Å²) in [4.78, 5) is 48.2. The Labute approximate surface area is 209 Å². The van der Waals surface area contributed by atoms with Gasteiger partial charge in [0.25, 0.3) is 5.91 Å². The van der Waals surface area contributed by atoms with Gasteiger partial charge in [0.05, 0.1) is 11.3 Å². The molecule has 3 amide bonds. The van der Waals surface area contributed by atoms with E-state index >= 15 is 0 Å². The second kappa shape index (κ2) is 11.8. The first-order chi connectivity index (χ1) is 17.5. The summed E-state index contributed by atoms with van der Waals surface area (Å²) in [6, 6.07) is 26.2. The van der Waals surface area contributed by atoms with E-state index in [1.807, 2.05) is 36.4 Å². The largest absolute Gasteiger partial charge is 0.452 e. The van der Waals surface area contributed by atoms with E-state index in [0.29, 0.717) is 18.7 Å². The summed E-state index contributed by atoms with van der Waals surface area (Å²) < 4.78 is 5.14. The third kappa shape index (κ3) is 6.35. The van der Waals surface area contributed by atoms with Crippen LogP contribution in [0.4, 0.5) is 5.69 Å². The van der Waals surface area contributed by atoms with Crippen LogP contribution in [-0.2, 0) is 19.1 Å². The van der Waals surface area contributed by atoms with E-state index in [-0.39, 0.29) is 42.0 Å². The van der Waals surface area contributed by atoms with Gasteiger partial charge in [-0.15, -0.1) is 0 Å². The number of anilines is 1. The minimum atomic E-state index is -0.655. The number of hydrogen-bond donors (Lipinski definition) is 2. The van der Waals surface area contributed by atoms with Crippen LogP contribution in [0.2, 0.25) is 0 Å². The van der Waals surface area contributed by atoms with Crippen LogP contribution in [0.1, 0.15) is 46.7 Å². The Kier molecular flexibility index (Phi) is 8.08. The maximum absolute atomic E-state index is 12.4. The molecule has 36 heavy (non-hydrogen) atoms. The van der Waals surface area contributed by atoms with Crippen molar-refractivity contribution in [1.82, 2.24) is 10.7 Å². The van der Waals surface area contributed by atoms with Crippen LogP contribution >= 0.6 is 0 Å². The van der Waals surface area contributed by atoms with Gasteiger partial charge in [0.15, 0.2) is 6.61 Å². The summed E-state index contributed by atoms with van der Waals surface area (Å²) >= 11 is 0. The molecule has 1 aliphatic heterocycles. The molecule has 1 fully saturated rings. The van der Waals surface area contributed by atoms with Crippen LogP contribution in [0.15, 0.2) is 84.9 Å². The molecular weight excluding hydrogens is 458 g/mol. The van der Waals surface area contributed by atoms with Crippen LogP contribution in [0.3, 0.4) is 0 Å². The molecule has 1 heterocycles. The number of hydrazine groups is 1. The van der Waals surface area contributed by atoms with Crippen molar-refractivity contribution in [3.05, 3.63) is 102 Å². The quantitative estimate of drug-likeness (QED) is 0.453. The lowest BCUT2D eigenvalue weighted by atomic mass is 9.88. The molecule has 3 aromatic rings. The maximum atomic E-state index is 12.4. The van der Waals surface area contributed by atoms with Gasteiger partial charge in [0.1, 0.15) is 0 Å². The third-order valence-electron chi connectivity index (χ3n) is 5.91. The summed E-state index contributed by atoms with van der Waals surface area (Å²) in [5.74, 6) is -1.39.